The van der Waals surface area contributed by atoms with E-state index in [1.807, 2.05) is 30.3 Å². The topological polar surface area (TPSA) is 66.4 Å². The first-order valence-corrected chi connectivity index (χ1v) is 8.49. The predicted octanol–water partition coefficient (Wildman–Crippen LogP) is 3.49. The predicted molar refractivity (Wildman–Crippen MR) is 89.5 cm³/mol. The zero-order valence-corrected chi connectivity index (χ0v) is 13.7. The Bertz CT molecular complexity index is 710. The zero-order chi connectivity index (χ0) is 16.4. The van der Waals surface area contributed by atoms with Gasteiger partial charge in [-0.2, -0.15) is 0 Å². The lowest BCUT2D eigenvalue weighted by Crippen LogP contribution is -2.31. The fourth-order valence-electron chi connectivity index (χ4n) is 2.84. The Balaban J connectivity index is 1.66. The molecule has 1 saturated carbocycles. The van der Waals surface area contributed by atoms with Crippen LogP contribution in [0.3, 0.4) is 0 Å². The van der Waals surface area contributed by atoms with E-state index in [4.69, 9.17) is 5.11 Å². The third-order valence-corrected chi connectivity index (χ3v) is 5.28. The summed E-state index contributed by atoms with van der Waals surface area (Å²) in [5.41, 5.74) is 0.826. The molecule has 1 aliphatic rings. The van der Waals surface area contributed by atoms with Gasteiger partial charge in [0.05, 0.1) is 12.5 Å². The molecule has 0 spiro atoms. The van der Waals surface area contributed by atoms with E-state index in [0.29, 0.717) is 0 Å². The number of thiophene rings is 1. The molecule has 1 fully saturated rings. The van der Waals surface area contributed by atoms with Crippen LogP contribution in [0.15, 0.2) is 42.5 Å². The highest BCUT2D eigenvalue weighted by molar-refractivity contribution is 7.12. The molecule has 3 rings (SSSR count). The van der Waals surface area contributed by atoms with Crippen molar-refractivity contribution in [2.45, 2.75) is 31.7 Å². The number of rotatable bonds is 6. The van der Waals surface area contributed by atoms with E-state index in [-0.39, 0.29) is 24.2 Å². The Morgan fingerprint density at radius 2 is 2.00 bits per heavy atom. The van der Waals surface area contributed by atoms with Gasteiger partial charge in [-0.15, -0.1) is 11.3 Å². The minimum absolute atomic E-state index is 0.0342. The molecule has 1 aliphatic carbocycles. The highest BCUT2D eigenvalue weighted by Gasteiger charge is 2.45. The maximum Gasteiger partial charge on any atom is 0.305 e. The summed E-state index contributed by atoms with van der Waals surface area (Å²) < 4.78 is 0. The molecule has 1 aromatic carbocycles. The third kappa shape index (κ3) is 3.79. The number of benzene rings is 1. The lowest BCUT2D eigenvalue weighted by atomic mass is 10.0. The number of carboxylic acids is 1. The lowest BCUT2D eigenvalue weighted by molar-refractivity contribution is -0.137. The van der Waals surface area contributed by atoms with Crippen molar-refractivity contribution < 1.29 is 14.7 Å². The van der Waals surface area contributed by atoms with Crippen molar-refractivity contribution in [3.8, 4) is 0 Å². The third-order valence-electron chi connectivity index (χ3n) is 4.15. The van der Waals surface area contributed by atoms with Gasteiger partial charge in [0.15, 0.2) is 0 Å². The van der Waals surface area contributed by atoms with Crippen LogP contribution >= 0.6 is 11.3 Å². The van der Waals surface area contributed by atoms with Crippen LogP contribution in [0.25, 0.3) is 0 Å². The van der Waals surface area contributed by atoms with Gasteiger partial charge >= 0.3 is 5.97 Å². The van der Waals surface area contributed by atoms with E-state index in [1.165, 1.54) is 9.75 Å². The SMILES string of the molecule is Cc1ccc([C@@H]2C[C@H]2C(=O)N[C@@H](CC(=O)O)c2ccccc2)s1. The normalized spacial score (nSPS) is 20.7. The summed E-state index contributed by atoms with van der Waals surface area (Å²) in [6, 6.07) is 13.0. The Labute approximate surface area is 139 Å². The van der Waals surface area contributed by atoms with Gasteiger partial charge in [0.1, 0.15) is 0 Å². The number of hydrogen-bond donors (Lipinski definition) is 2. The van der Waals surface area contributed by atoms with Crippen molar-refractivity contribution in [3.05, 3.63) is 57.8 Å². The monoisotopic (exact) mass is 329 g/mol. The first-order chi connectivity index (χ1) is 11.0. The maximum atomic E-state index is 12.5. The van der Waals surface area contributed by atoms with Crippen LogP contribution < -0.4 is 5.32 Å². The second-order valence-corrected chi connectivity index (χ2v) is 7.29. The molecule has 0 aliphatic heterocycles. The highest BCUT2D eigenvalue weighted by Crippen LogP contribution is 2.50. The summed E-state index contributed by atoms with van der Waals surface area (Å²) >= 11 is 1.73. The molecule has 120 valence electrons. The number of carboxylic acid groups (broad SMARTS) is 1. The summed E-state index contributed by atoms with van der Waals surface area (Å²) in [5, 5.41) is 12.0. The second-order valence-electron chi connectivity index (χ2n) is 5.97. The van der Waals surface area contributed by atoms with Crippen molar-refractivity contribution >= 4 is 23.2 Å². The maximum absolute atomic E-state index is 12.5. The number of nitrogens with one attached hydrogen (secondary N) is 1. The Morgan fingerprint density at radius 1 is 1.26 bits per heavy atom. The van der Waals surface area contributed by atoms with Gasteiger partial charge in [-0.3, -0.25) is 9.59 Å². The van der Waals surface area contributed by atoms with Gasteiger partial charge in [0, 0.05) is 21.6 Å². The number of carbonyl (C=O) groups is 2. The number of aryl methyl sites for hydroxylation is 1. The molecule has 1 amide bonds. The van der Waals surface area contributed by atoms with Gasteiger partial charge in [-0.25, -0.2) is 0 Å². The molecule has 0 unspecified atom stereocenters. The van der Waals surface area contributed by atoms with Crippen molar-refractivity contribution in [3.63, 3.8) is 0 Å². The molecule has 23 heavy (non-hydrogen) atoms. The lowest BCUT2D eigenvalue weighted by Gasteiger charge is -2.17. The number of carbonyl (C=O) groups excluding carboxylic acids is 1. The molecule has 4 nitrogen and oxygen atoms in total. The summed E-state index contributed by atoms with van der Waals surface area (Å²) in [4.78, 5) is 26.0. The molecule has 2 aromatic rings. The Morgan fingerprint density at radius 3 is 2.61 bits per heavy atom. The van der Waals surface area contributed by atoms with E-state index in [1.54, 1.807) is 11.3 Å². The van der Waals surface area contributed by atoms with Crippen LogP contribution in [-0.4, -0.2) is 17.0 Å². The Kier molecular flexibility index (Phi) is 4.48. The fourth-order valence-corrected chi connectivity index (χ4v) is 3.90. The van der Waals surface area contributed by atoms with Crippen molar-refractivity contribution in [2.75, 3.05) is 0 Å². The number of hydrogen-bond acceptors (Lipinski definition) is 3. The largest absolute Gasteiger partial charge is 0.481 e. The van der Waals surface area contributed by atoms with Crippen LogP contribution in [0, 0.1) is 12.8 Å². The molecular formula is C18H19NO3S. The zero-order valence-electron chi connectivity index (χ0n) is 12.9. The summed E-state index contributed by atoms with van der Waals surface area (Å²) in [7, 11) is 0. The van der Waals surface area contributed by atoms with E-state index in [0.717, 1.165) is 12.0 Å². The minimum Gasteiger partial charge on any atom is -0.481 e. The van der Waals surface area contributed by atoms with E-state index in [9.17, 15) is 9.59 Å². The average molecular weight is 329 g/mol. The van der Waals surface area contributed by atoms with Crippen LogP contribution in [0.4, 0.5) is 0 Å². The first kappa shape index (κ1) is 15.7. The smallest absolute Gasteiger partial charge is 0.305 e. The fraction of sp³-hybridized carbons (Fsp3) is 0.333. The quantitative estimate of drug-likeness (QED) is 0.852. The average Bonchev–Trinajstić information content (AvgIpc) is 3.22. The number of aliphatic carboxylic acids is 1. The van der Waals surface area contributed by atoms with Gasteiger partial charge in [-0.1, -0.05) is 30.3 Å². The van der Waals surface area contributed by atoms with Crippen molar-refractivity contribution in [2.24, 2.45) is 5.92 Å². The van der Waals surface area contributed by atoms with Crippen LogP contribution in [0.1, 0.15) is 40.1 Å². The summed E-state index contributed by atoms with van der Waals surface area (Å²) in [6.45, 7) is 2.06. The van der Waals surface area contributed by atoms with Gasteiger partial charge in [0.2, 0.25) is 5.91 Å². The molecule has 1 heterocycles. The summed E-state index contributed by atoms with van der Waals surface area (Å²) in [6.07, 6.45) is 0.742. The van der Waals surface area contributed by atoms with Crippen molar-refractivity contribution in [1.82, 2.24) is 5.32 Å². The molecule has 0 radical (unpaired) electrons. The molecule has 0 saturated heterocycles. The van der Waals surface area contributed by atoms with Gasteiger partial charge < -0.3 is 10.4 Å². The van der Waals surface area contributed by atoms with Crippen LogP contribution in [0.5, 0.6) is 0 Å². The van der Waals surface area contributed by atoms with Crippen LogP contribution in [0.2, 0.25) is 0 Å². The second kappa shape index (κ2) is 6.54. The van der Waals surface area contributed by atoms with E-state index >= 15 is 0 Å². The molecule has 3 atom stereocenters. The standard InChI is InChI=1S/C18H19NO3S/c1-11-7-8-16(23-11)13-9-14(13)18(22)19-15(10-17(20)21)12-5-3-2-4-6-12/h2-8,13-15H,9-10H2,1H3,(H,19,22)(H,20,21)/t13-,14-,15+/m1/s1. The molecular weight excluding hydrogens is 310 g/mol. The minimum atomic E-state index is -0.916. The molecule has 1 aromatic heterocycles. The molecule has 5 heteroatoms. The van der Waals surface area contributed by atoms with E-state index < -0.39 is 12.0 Å². The number of amides is 1. The molecule has 0 bridgehead atoms. The van der Waals surface area contributed by atoms with E-state index in [2.05, 4.69) is 24.4 Å². The molecule has 2 N–H and O–H groups in total. The van der Waals surface area contributed by atoms with Gasteiger partial charge in [-0.05, 0) is 31.0 Å². The van der Waals surface area contributed by atoms with Gasteiger partial charge in [0.25, 0.3) is 0 Å². The van der Waals surface area contributed by atoms with Crippen LogP contribution in [-0.2, 0) is 9.59 Å². The first-order valence-electron chi connectivity index (χ1n) is 7.68. The van der Waals surface area contributed by atoms with Crippen molar-refractivity contribution in [1.29, 1.82) is 0 Å². The summed E-state index contributed by atoms with van der Waals surface area (Å²) in [5.74, 6) is -0.709. The highest BCUT2D eigenvalue weighted by atomic mass is 32.1. The Hall–Kier alpha value is -2.14.